The van der Waals surface area contributed by atoms with E-state index in [0.29, 0.717) is 10.7 Å². The van der Waals surface area contributed by atoms with Crippen LogP contribution in [0.5, 0.6) is 0 Å². The zero-order chi connectivity index (χ0) is 18.7. The van der Waals surface area contributed by atoms with Crippen LogP contribution in [0.15, 0.2) is 36.4 Å². The van der Waals surface area contributed by atoms with Crippen molar-refractivity contribution in [1.29, 1.82) is 5.26 Å². The topological polar surface area (TPSA) is 92.1 Å². The molecule has 0 bridgehead atoms. The lowest BCUT2D eigenvalue weighted by molar-refractivity contribution is -0.119. The zero-order valence-corrected chi connectivity index (χ0v) is 15.0. The van der Waals surface area contributed by atoms with Gasteiger partial charge in [0.25, 0.3) is 5.91 Å². The van der Waals surface area contributed by atoms with Crippen molar-refractivity contribution in [2.24, 2.45) is 0 Å². The molecule has 0 aliphatic rings. The van der Waals surface area contributed by atoms with Crippen molar-refractivity contribution in [3.8, 4) is 6.07 Å². The normalized spacial score (nSPS) is 10.3. The lowest BCUT2D eigenvalue weighted by Gasteiger charge is -2.04. The Labute approximate surface area is 154 Å². The van der Waals surface area contributed by atoms with Crippen molar-refractivity contribution >= 4 is 38.6 Å². The number of nitrogens with zero attached hydrogens (tertiary/aromatic N) is 2. The van der Waals surface area contributed by atoms with Crippen molar-refractivity contribution in [2.45, 2.75) is 13.8 Å². The zero-order valence-electron chi connectivity index (χ0n) is 14.2. The predicted octanol–water partition coefficient (Wildman–Crippen LogP) is 3.58. The van der Waals surface area contributed by atoms with Crippen LogP contribution >= 0.6 is 11.3 Å². The molecule has 0 aliphatic carbocycles. The number of hydrogen-bond donors (Lipinski definition) is 1. The maximum Gasteiger partial charge on any atom is 0.338 e. The number of rotatable bonds is 4. The molecule has 0 radical (unpaired) electrons. The highest BCUT2D eigenvalue weighted by molar-refractivity contribution is 7.22. The minimum atomic E-state index is -0.659. The molecule has 0 fully saturated rings. The molecule has 1 heterocycles. The van der Waals surface area contributed by atoms with Gasteiger partial charge in [0.05, 0.1) is 27.4 Å². The number of amides is 1. The number of anilines is 1. The Bertz CT molecular complexity index is 1050. The third-order valence-corrected chi connectivity index (χ3v) is 4.56. The summed E-state index contributed by atoms with van der Waals surface area (Å²) in [7, 11) is 0. The van der Waals surface area contributed by atoms with E-state index < -0.39 is 18.5 Å². The van der Waals surface area contributed by atoms with E-state index in [4.69, 9.17) is 10.00 Å². The van der Waals surface area contributed by atoms with Crippen LogP contribution in [-0.2, 0) is 9.53 Å². The van der Waals surface area contributed by atoms with E-state index in [1.165, 1.54) is 23.5 Å². The Morgan fingerprint density at radius 1 is 1.27 bits per heavy atom. The molecule has 1 aromatic heterocycles. The van der Waals surface area contributed by atoms with Gasteiger partial charge in [-0.1, -0.05) is 23.5 Å². The van der Waals surface area contributed by atoms with Crippen LogP contribution in [0.25, 0.3) is 10.2 Å². The number of benzene rings is 2. The number of carbonyl (C=O) groups is 2. The third kappa shape index (κ3) is 3.87. The van der Waals surface area contributed by atoms with Crippen LogP contribution in [0.3, 0.4) is 0 Å². The molecule has 3 aromatic rings. The number of esters is 1. The second-order valence-corrected chi connectivity index (χ2v) is 6.80. The average Bonchev–Trinajstić information content (AvgIpc) is 3.02. The van der Waals surface area contributed by atoms with E-state index in [0.717, 1.165) is 21.3 Å². The Hall–Kier alpha value is -3.24. The van der Waals surface area contributed by atoms with Gasteiger partial charge in [-0.2, -0.15) is 5.26 Å². The number of nitrogens with one attached hydrogen (secondary N) is 1. The molecule has 1 amide bonds. The number of nitriles is 1. The molecule has 0 saturated heterocycles. The number of hydrogen-bond acceptors (Lipinski definition) is 6. The minimum Gasteiger partial charge on any atom is -0.452 e. The first-order valence-corrected chi connectivity index (χ1v) is 8.63. The van der Waals surface area contributed by atoms with Crippen molar-refractivity contribution in [1.82, 2.24) is 4.98 Å². The monoisotopic (exact) mass is 365 g/mol. The third-order valence-electron chi connectivity index (χ3n) is 3.64. The first-order valence-electron chi connectivity index (χ1n) is 7.81. The molecule has 2 aromatic carbocycles. The number of thiazole rings is 1. The predicted molar refractivity (Wildman–Crippen MR) is 99.2 cm³/mol. The van der Waals surface area contributed by atoms with E-state index in [9.17, 15) is 9.59 Å². The van der Waals surface area contributed by atoms with Gasteiger partial charge < -0.3 is 4.74 Å². The molecule has 7 heteroatoms. The Morgan fingerprint density at radius 3 is 2.85 bits per heavy atom. The van der Waals surface area contributed by atoms with Crippen molar-refractivity contribution in [2.75, 3.05) is 11.9 Å². The highest BCUT2D eigenvalue weighted by Gasteiger charge is 2.13. The van der Waals surface area contributed by atoms with Gasteiger partial charge in [0, 0.05) is 0 Å². The quantitative estimate of drug-likeness (QED) is 0.714. The van der Waals surface area contributed by atoms with Crippen LogP contribution in [-0.4, -0.2) is 23.5 Å². The summed E-state index contributed by atoms with van der Waals surface area (Å²) in [6.45, 7) is 3.55. The van der Waals surface area contributed by atoms with E-state index in [2.05, 4.69) is 10.3 Å². The minimum absolute atomic E-state index is 0.225. The lowest BCUT2D eigenvalue weighted by Crippen LogP contribution is -2.20. The van der Waals surface area contributed by atoms with Gasteiger partial charge in [-0.15, -0.1) is 0 Å². The van der Waals surface area contributed by atoms with E-state index in [1.54, 1.807) is 12.1 Å². The van der Waals surface area contributed by atoms with E-state index in [1.807, 2.05) is 32.0 Å². The summed E-state index contributed by atoms with van der Waals surface area (Å²) < 4.78 is 5.98. The van der Waals surface area contributed by atoms with E-state index in [-0.39, 0.29) is 5.56 Å². The summed E-state index contributed by atoms with van der Waals surface area (Å²) in [5.41, 5.74) is 3.60. The second-order valence-electron chi connectivity index (χ2n) is 5.76. The Morgan fingerprint density at radius 2 is 2.08 bits per heavy atom. The van der Waals surface area contributed by atoms with Gasteiger partial charge in [0.15, 0.2) is 11.7 Å². The van der Waals surface area contributed by atoms with Crippen molar-refractivity contribution in [3.63, 3.8) is 0 Å². The smallest absolute Gasteiger partial charge is 0.338 e. The Kier molecular flexibility index (Phi) is 4.96. The van der Waals surface area contributed by atoms with Gasteiger partial charge >= 0.3 is 5.97 Å². The molecule has 0 saturated carbocycles. The molecule has 130 valence electrons. The summed E-state index contributed by atoms with van der Waals surface area (Å²) in [6, 6.07) is 12.1. The molecule has 0 spiro atoms. The van der Waals surface area contributed by atoms with Gasteiger partial charge in [0.1, 0.15) is 0 Å². The molecule has 0 aliphatic heterocycles. The highest BCUT2D eigenvalue weighted by Crippen LogP contribution is 2.29. The van der Waals surface area contributed by atoms with Gasteiger partial charge in [-0.25, -0.2) is 9.78 Å². The van der Waals surface area contributed by atoms with Crippen molar-refractivity contribution < 1.29 is 14.3 Å². The number of fused-ring (bicyclic) bond motifs is 1. The van der Waals surface area contributed by atoms with Crippen molar-refractivity contribution in [3.05, 3.63) is 58.7 Å². The fraction of sp³-hybridized carbons (Fsp3) is 0.158. The fourth-order valence-corrected chi connectivity index (χ4v) is 3.57. The van der Waals surface area contributed by atoms with Crippen LogP contribution in [0.2, 0.25) is 0 Å². The second kappa shape index (κ2) is 7.33. The maximum atomic E-state index is 12.0. The maximum absolute atomic E-state index is 12.0. The highest BCUT2D eigenvalue weighted by atomic mass is 32.1. The molecule has 0 atom stereocenters. The summed E-state index contributed by atoms with van der Waals surface area (Å²) in [5, 5.41) is 12.0. The van der Waals surface area contributed by atoms with Crippen LogP contribution in [0.1, 0.15) is 27.0 Å². The molecular formula is C19H15N3O3S. The number of carbonyl (C=O) groups excluding carboxylic acids is 2. The Balaban J connectivity index is 1.63. The number of aryl methyl sites for hydroxylation is 2. The number of aromatic nitrogens is 1. The average molecular weight is 365 g/mol. The van der Waals surface area contributed by atoms with Gasteiger partial charge in [0.2, 0.25) is 0 Å². The first-order chi connectivity index (χ1) is 12.5. The number of ether oxygens (including phenoxy) is 1. The first kappa shape index (κ1) is 17.6. The molecule has 6 nitrogen and oxygen atoms in total. The largest absolute Gasteiger partial charge is 0.452 e. The molecule has 1 N–H and O–H groups in total. The fourth-order valence-electron chi connectivity index (χ4n) is 2.51. The molecular weight excluding hydrogens is 350 g/mol. The summed E-state index contributed by atoms with van der Waals surface area (Å²) in [5.74, 6) is -1.13. The summed E-state index contributed by atoms with van der Waals surface area (Å²) in [6.07, 6.45) is 0. The van der Waals surface area contributed by atoms with Gasteiger partial charge in [-0.3, -0.25) is 10.1 Å². The van der Waals surface area contributed by atoms with Crippen LogP contribution in [0.4, 0.5) is 5.13 Å². The van der Waals surface area contributed by atoms with Crippen LogP contribution < -0.4 is 5.32 Å². The molecule has 26 heavy (non-hydrogen) atoms. The van der Waals surface area contributed by atoms with Crippen LogP contribution in [0, 0.1) is 25.2 Å². The van der Waals surface area contributed by atoms with Gasteiger partial charge in [-0.05, 0) is 49.2 Å². The molecule has 3 rings (SSSR count). The summed E-state index contributed by atoms with van der Waals surface area (Å²) >= 11 is 1.37. The molecule has 0 unspecified atom stereocenters. The lowest BCUT2D eigenvalue weighted by atomic mass is 10.1. The van der Waals surface area contributed by atoms with E-state index >= 15 is 0 Å². The standard InChI is InChI=1S/C19H15N3O3S/c1-11-6-12(2)17-15(7-11)26-19(22-17)21-16(23)10-25-18(24)14-5-3-4-13(8-14)9-20/h3-8H,10H2,1-2H3,(H,21,22,23). The summed E-state index contributed by atoms with van der Waals surface area (Å²) in [4.78, 5) is 28.4. The SMILES string of the molecule is Cc1cc(C)c2nc(NC(=O)COC(=O)c3cccc(C#N)c3)sc2c1.